The van der Waals surface area contributed by atoms with E-state index in [4.69, 9.17) is 4.74 Å². The molecule has 126 valence electrons. The highest BCUT2D eigenvalue weighted by Gasteiger charge is 2.29. The van der Waals surface area contributed by atoms with E-state index in [1.807, 2.05) is 19.1 Å². The largest absolute Gasteiger partial charge is 0.449 e. The average Bonchev–Trinajstić information content (AvgIpc) is 2.86. The van der Waals surface area contributed by atoms with Crippen LogP contribution in [0.5, 0.6) is 0 Å². The van der Waals surface area contributed by atoms with Gasteiger partial charge in [-0.2, -0.15) is 0 Å². The van der Waals surface area contributed by atoms with E-state index < -0.39 is 0 Å². The molecule has 0 saturated heterocycles. The number of ether oxygens (including phenoxy) is 1. The Kier molecular flexibility index (Phi) is 4.35. The molecule has 0 heterocycles. The van der Waals surface area contributed by atoms with E-state index in [1.54, 1.807) is 0 Å². The van der Waals surface area contributed by atoms with Gasteiger partial charge in [-0.3, -0.25) is 0 Å². The van der Waals surface area contributed by atoms with Crippen molar-refractivity contribution in [2.45, 2.75) is 39.7 Å². The standard InChI is InChI=1S/C21H25NO2/c1-14(21(2,3)4)22-20(23)24-13-19-17-11-7-5-9-15(17)16-10-6-8-12-18(16)19/h5-12,14,19H,13H2,1-4H3,(H,22,23)/t14-/m0/s1. The third-order valence-electron chi connectivity index (χ3n) is 4.98. The fourth-order valence-corrected chi connectivity index (χ4v) is 3.03. The minimum Gasteiger partial charge on any atom is -0.449 e. The number of hydrogen-bond acceptors (Lipinski definition) is 2. The van der Waals surface area contributed by atoms with Crippen molar-refractivity contribution in [2.75, 3.05) is 6.61 Å². The van der Waals surface area contributed by atoms with Crippen molar-refractivity contribution < 1.29 is 9.53 Å². The average molecular weight is 323 g/mol. The van der Waals surface area contributed by atoms with Crippen molar-refractivity contribution >= 4 is 6.09 Å². The van der Waals surface area contributed by atoms with Gasteiger partial charge in [0.2, 0.25) is 0 Å². The van der Waals surface area contributed by atoms with Gasteiger partial charge in [-0.25, -0.2) is 4.79 Å². The summed E-state index contributed by atoms with van der Waals surface area (Å²) < 4.78 is 5.56. The zero-order chi connectivity index (χ0) is 17.3. The summed E-state index contributed by atoms with van der Waals surface area (Å²) in [6, 6.07) is 16.8. The Bertz CT molecular complexity index is 700. The highest BCUT2D eigenvalue weighted by atomic mass is 16.5. The smallest absolute Gasteiger partial charge is 0.407 e. The van der Waals surface area contributed by atoms with Crippen molar-refractivity contribution in [3.05, 3.63) is 59.7 Å². The van der Waals surface area contributed by atoms with E-state index in [9.17, 15) is 4.79 Å². The minimum atomic E-state index is -0.348. The van der Waals surface area contributed by atoms with E-state index in [2.05, 4.69) is 62.5 Å². The number of rotatable bonds is 3. The molecule has 2 aromatic rings. The molecule has 1 N–H and O–H groups in total. The van der Waals surface area contributed by atoms with Crippen LogP contribution < -0.4 is 5.32 Å². The third kappa shape index (κ3) is 3.16. The van der Waals surface area contributed by atoms with E-state index in [0.29, 0.717) is 6.61 Å². The zero-order valence-corrected chi connectivity index (χ0v) is 14.8. The maximum absolute atomic E-state index is 12.1. The molecule has 2 aromatic carbocycles. The van der Waals surface area contributed by atoms with Gasteiger partial charge in [0.1, 0.15) is 6.61 Å². The number of hydrogen-bond donors (Lipinski definition) is 1. The van der Waals surface area contributed by atoms with Crippen LogP contribution in [0, 0.1) is 5.41 Å². The number of amides is 1. The van der Waals surface area contributed by atoms with Gasteiger partial charge in [0, 0.05) is 12.0 Å². The first kappa shape index (κ1) is 16.6. The molecule has 3 rings (SSSR count). The first-order chi connectivity index (χ1) is 11.4. The van der Waals surface area contributed by atoms with Gasteiger partial charge in [0.25, 0.3) is 0 Å². The van der Waals surface area contributed by atoms with E-state index in [1.165, 1.54) is 22.3 Å². The second-order valence-corrected chi connectivity index (χ2v) is 7.56. The van der Waals surface area contributed by atoms with Gasteiger partial charge in [0.15, 0.2) is 0 Å². The lowest BCUT2D eigenvalue weighted by Gasteiger charge is -2.27. The topological polar surface area (TPSA) is 38.3 Å². The molecule has 3 nitrogen and oxygen atoms in total. The van der Waals surface area contributed by atoms with Crippen molar-refractivity contribution in [2.24, 2.45) is 5.41 Å². The lowest BCUT2D eigenvalue weighted by Crippen LogP contribution is -2.42. The Labute approximate surface area is 144 Å². The Balaban J connectivity index is 1.73. The molecule has 0 fully saturated rings. The predicted octanol–water partition coefficient (Wildman–Crippen LogP) is 4.96. The van der Waals surface area contributed by atoms with Gasteiger partial charge in [0.05, 0.1) is 0 Å². The molecular formula is C21H25NO2. The van der Waals surface area contributed by atoms with Crippen LogP contribution in [0.3, 0.4) is 0 Å². The van der Waals surface area contributed by atoms with Crippen LogP contribution in [0.25, 0.3) is 11.1 Å². The third-order valence-corrected chi connectivity index (χ3v) is 4.98. The van der Waals surface area contributed by atoms with E-state index in [-0.39, 0.29) is 23.5 Å². The normalized spacial score (nSPS) is 14.7. The summed E-state index contributed by atoms with van der Waals surface area (Å²) in [7, 11) is 0. The minimum absolute atomic E-state index is 0.00553. The SMILES string of the molecule is C[C@H](NC(=O)OCC1c2ccccc2-c2ccccc21)C(C)(C)C. The summed E-state index contributed by atoms with van der Waals surface area (Å²) in [5.41, 5.74) is 4.95. The monoisotopic (exact) mass is 323 g/mol. The molecule has 0 aliphatic heterocycles. The summed E-state index contributed by atoms with van der Waals surface area (Å²) in [5, 5.41) is 2.93. The molecule has 0 spiro atoms. The molecule has 24 heavy (non-hydrogen) atoms. The van der Waals surface area contributed by atoms with E-state index in [0.717, 1.165) is 0 Å². The Morgan fingerprint density at radius 2 is 1.54 bits per heavy atom. The lowest BCUT2D eigenvalue weighted by molar-refractivity contribution is 0.131. The van der Waals surface area contributed by atoms with Crippen molar-refractivity contribution in [1.29, 1.82) is 0 Å². The maximum Gasteiger partial charge on any atom is 0.407 e. The number of carbonyl (C=O) groups excluding carboxylic acids is 1. The molecule has 1 atom stereocenters. The molecule has 0 aromatic heterocycles. The van der Waals surface area contributed by atoms with Crippen molar-refractivity contribution in [1.82, 2.24) is 5.32 Å². The maximum atomic E-state index is 12.1. The van der Waals surface area contributed by atoms with Crippen LogP contribution in [0.15, 0.2) is 48.5 Å². The second-order valence-electron chi connectivity index (χ2n) is 7.56. The predicted molar refractivity (Wildman–Crippen MR) is 97.1 cm³/mol. The highest BCUT2D eigenvalue weighted by Crippen LogP contribution is 2.44. The number of alkyl carbamates (subject to hydrolysis) is 1. The molecule has 0 bridgehead atoms. The molecular weight excluding hydrogens is 298 g/mol. The van der Waals surface area contributed by atoms with Gasteiger partial charge in [-0.05, 0) is 34.6 Å². The van der Waals surface area contributed by atoms with Crippen LogP contribution in [0.1, 0.15) is 44.7 Å². The summed E-state index contributed by atoms with van der Waals surface area (Å²) in [5.74, 6) is 0.105. The fraction of sp³-hybridized carbons (Fsp3) is 0.381. The fourth-order valence-electron chi connectivity index (χ4n) is 3.03. The number of benzene rings is 2. The molecule has 1 aliphatic rings. The van der Waals surface area contributed by atoms with Crippen LogP contribution in [0.4, 0.5) is 4.79 Å². The quantitative estimate of drug-likeness (QED) is 0.867. The number of nitrogens with one attached hydrogen (secondary N) is 1. The summed E-state index contributed by atoms with van der Waals surface area (Å²) in [4.78, 5) is 12.1. The summed E-state index contributed by atoms with van der Waals surface area (Å²) in [6.07, 6.45) is -0.348. The molecule has 3 heteroatoms. The van der Waals surface area contributed by atoms with Gasteiger partial charge < -0.3 is 10.1 Å². The van der Waals surface area contributed by atoms with Gasteiger partial charge in [-0.1, -0.05) is 69.3 Å². The molecule has 0 radical (unpaired) electrons. The molecule has 1 aliphatic carbocycles. The number of carbonyl (C=O) groups is 1. The van der Waals surface area contributed by atoms with Crippen LogP contribution in [-0.4, -0.2) is 18.7 Å². The first-order valence-corrected chi connectivity index (χ1v) is 8.49. The highest BCUT2D eigenvalue weighted by molar-refractivity contribution is 5.79. The Hall–Kier alpha value is -2.29. The van der Waals surface area contributed by atoms with Gasteiger partial charge >= 0.3 is 6.09 Å². The Morgan fingerprint density at radius 1 is 1.04 bits per heavy atom. The van der Waals surface area contributed by atoms with Crippen LogP contribution in [0.2, 0.25) is 0 Å². The van der Waals surface area contributed by atoms with Crippen LogP contribution in [-0.2, 0) is 4.74 Å². The Morgan fingerprint density at radius 3 is 2.04 bits per heavy atom. The zero-order valence-electron chi connectivity index (χ0n) is 14.8. The van der Waals surface area contributed by atoms with Crippen LogP contribution >= 0.6 is 0 Å². The lowest BCUT2D eigenvalue weighted by atomic mass is 9.88. The van der Waals surface area contributed by atoms with Crippen molar-refractivity contribution in [3.63, 3.8) is 0 Å². The van der Waals surface area contributed by atoms with Crippen molar-refractivity contribution in [3.8, 4) is 11.1 Å². The summed E-state index contributed by atoms with van der Waals surface area (Å²) in [6.45, 7) is 8.66. The summed E-state index contributed by atoms with van der Waals surface area (Å²) >= 11 is 0. The molecule has 1 amide bonds. The number of fused-ring (bicyclic) bond motifs is 3. The second kappa shape index (κ2) is 6.31. The molecule has 0 saturated carbocycles. The molecule has 0 unspecified atom stereocenters. The van der Waals surface area contributed by atoms with E-state index >= 15 is 0 Å². The first-order valence-electron chi connectivity index (χ1n) is 8.49. The van der Waals surface area contributed by atoms with Gasteiger partial charge in [-0.15, -0.1) is 0 Å².